The highest BCUT2D eigenvalue weighted by Gasteiger charge is 2.23. The molecule has 1 aromatic rings. The largest absolute Gasteiger partial charge is 0.397 e. The van der Waals surface area contributed by atoms with Gasteiger partial charge in [-0.2, -0.15) is 0 Å². The Hall–Kier alpha value is -0.890. The van der Waals surface area contributed by atoms with Gasteiger partial charge in [0.2, 0.25) is 0 Å². The van der Waals surface area contributed by atoms with E-state index in [4.69, 9.17) is 17.3 Å². The van der Waals surface area contributed by atoms with Crippen LogP contribution in [0.2, 0.25) is 5.02 Å². The summed E-state index contributed by atoms with van der Waals surface area (Å²) in [7, 11) is 0. The van der Waals surface area contributed by atoms with Crippen LogP contribution < -0.4 is 11.1 Å². The predicted octanol–water partition coefficient (Wildman–Crippen LogP) is 3.52. The molecular formula is C12H17ClN2. The van der Waals surface area contributed by atoms with Gasteiger partial charge in [-0.15, -0.1) is 0 Å². The zero-order chi connectivity index (χ0) is 10.8. The Morgan fingerprint density at radius 2 is 2.27 bits per heavy atom. The highest BCUT2D eigenvalue weighted by atomic mass is 35.5. The third-order valence-electron chi connectivity index (χ3n) is 2.80. The molecule has 15 heavy (non-hydrogen) atoms. The molecule has 0 amide bonds. The molecule has 3 heteroatoms. The smallest absolute Gasteiger partial charge is 0.0590 e. The van der Waals surface area contributed by atoms with Crippen LogP contribution in [-0.2, 0) is 0 Å². The van der Waals surface area contributed by atoms with E-state index in [0.717, 1.165) is 22.3 Å². The number of rotatable bonds is 4. The quantitative estimate of drug-likeness (QED) is 0.768. The Labute approximate surface area is 95.8 Å². The third-order valence-corrected chi connectivity index (χ3v) is 3.04. The molecule has 82 valence electrons. The van der Waals surface area contributed by atoms with Crippen LogP contribution in [0.15, 0.2) is 18.2 Å². The van der Waals surface area contributed by atoms with E-state index in [1.807, 2.05) is 18.2 Å². The number of nitrogens with two attached hydrogens (primary N) is 1. The van der Waals surface area contributed by atoms with Crippen LogP contribution in [0, 0.1) is 5.92 Å². The maximum Gasteiger partial charge on any atom is 0.0590 e. The van der Waals surface area contributed by atoms with Crippen molar-refractivity contribution >= 4 is 23.0 Å². The molecule has 0 spiro atoms. The molecule has 1 fully saturated rings. The van der Waals surface area contributed by atoms with Gasteiger partial charge in [0.05, 0.1) is 11.4 Å². The number of hydrogen-bond donors (Lipinski definition) is 2. The van der Waals surface area contributed by atoms with Crippen molar-refractivity contribution in [2.24, 2.45) is 5.92 Å². The summed E-state index contributed by atoms with van der Waals surface area (Å²) in [6.07, 6.45) is 4.00. The fourth-order valence-corrected chi connectivity index (χ4v) is 2.00. The lowest BCUT2D eigenvalue weighted by Crippen LogP contribution is -2.16. The van der Waals surface area contributed by atoms with Gasteiger partial charge >= 0.3 is 0 Å². The summed E-state index contributed by atoms with van der Waals surface area (Å²) in [6, 6.07) is 6.01. The molecular weight excluding hydrogens is 208 g/mol. The second-order valence-electron chi connectivity index (χ2n) is 4.46. The molecule has 1 aliphatic carbocycles. The molecule has 0 aliphatic heterocycles. The monoisotopic (exact) mass is 224 g/mol. The van der Waals surface area contributed by atoms with Crippen molar-refractivity contribution in [2.45, 2.75) is 32.2 Å². The molecule has 1 aromatic carbocycles. The van der Waals surface area contributed by atoms with Crippen molar-refractivity contribution in [1.29, 1.82) is 0 Å². The van der Waals surface area contributed by atoms with Gasteiger partial charge in [-0.25, -0.2) is 0 Å². The Bertz CT molecular complexity index is 347. The van der Waals surface area contributed by atoms with Crippen LogP contribution in [0.5, 0.6) is 0 Å². The molecule has 0 heterocycles. The first-order valence-electron chi connectivity index (χ1n) is 5.46. The van der Waals surface area contributed by atoms with E-state index in [0.29, 0.717) is 6.04 Å². The van der Waals surface area contributed by atoms with Crippen LogP contribution in [-0.4, -0.2) is 6.04 Å². The molecule has 0 radical (unpaired) electrons. The number of nitrogen functional groups attached to an aromatic ring is 1. The topological polar surface area (TPSA) is 38.0 Å². The average molecular weight is 225 g/mol. The van der Waals surface area contributed by atoms with Crippen LogP contribution in [0.3, 0.4) is 0 Å². The fraction of sp³-hybridized carbons (Fsp3) is 0.500. The van der Waals surface area contributed by atoms with Crippen molar-refractivity contribution in [3.8, 4) is 0 Å². The van der Waals surface area contributed by atoms with Gasteiger partial charge in [-0.3, -0.25) is 0 Å². The number of halogens is 1. The van der Waals surface area contributed by atoms with Gasteiger partial charge in [-0.1, -0.05) is 24.4 Å². The molecule has 1 unspecified atom stereocenters. The van der Waals surface area contributed by atoms with E-state index in [2.05, 4.69) is 12.2 Å². The van der Waals surface area contributed by atoms with Crippen LogP contribution in [0.4, 0.5) is 11.4 Å². The zero-order valence-electron chi connectivity index (χ0n) is 8.96. The first kappa shape index (κ1) is 10.6. The van der Waals surface area contributed by atoms with Crippen molar-refractivity contribution in [3.05, 3.63) is 23.2 Å². The Kier molecular flexibility index (Phi) is 3.06. The van der Waals surface area contributed by atoms with Gasteiger partial charge in [0, 0.05) is 11.1 Å². The first-order valence-corrected chi connectivity index (χ1v) is 5.84. The summed E-state index contributed by atoms with van der Waals surface area (Å²) in [5.41, 5.74) is 7.58. The van der Waals surface area contributed by atoms with E-state index in [9.17, 15) is 0 Å². The minimum atomic E-state index is 0.471. The summed E-state index contributed by atoms with van der Waals surface area (Å²) >= 11 is 5.92. The maximum absolute atomic E-state index is 5.92. The first-order chi connectivity index (χ1) is 7.15. The normalized spacial score (nSPS) is 17.5. The molecule has 1 saturated carbocycles. The van der Waals surface area contributed by atoms with Gasteiger partial charge < -0.3 is 11.1 Å². The summed E-state index contributed by atoms with van der Waals surface area (Å²) in [4.78, 5) is 0. The van der Waals surface area contributed by atoms with Crippen molar-refractivity contribution in [3.63, 3.8) is 0 Å². The Morgan fingerprint density at radius 3 is 2.93 bits per heavy atom. The Balaban J connectivity index is 1.98. The second kappa shape index (κ2) is 4.31. The number of benzene rings is 1. The van der Waals surface area contributed by atoms with E-state index in [1.165, 1.54) is 19.3 Å². The lowest BCUT2D eigenvalue weighted by molar-refractivity contribution is 0.642. The van der Waals surface area contributed by atoms with Crippen molar-refractivity contribution < 1.29 is 0 Å². The summed E-state index contributed by atoms with van der Waals surface area (Å²) < 4.78 is 0. The molecule has 0 saturated heterocycles. The molecule has 2 nitrogen and oxygen atoms in total. The molecule has 0 bridgehead atoms. The molecule has 2 rings (SSSR count). The molecule has 1 aliphatic rings. The zero-order valence-corrected chi connectivity index (χ0v) is 9.72. The van der Waals surface area contributed by atoms with E-state index < -0.39 is 0 Å². The maximum atomic E-state index is 5.92. The lowest BCUT2D eigenvalue weighted by Gasteiger charge is -2.16. The van der Waals surface area contributed by atoms with Gasteiger partial charge in [0.25, 0.3) is 0 Å². The Morgan fingerprint density at radius 1 is 1.53 bits per heavy atom. The van der Waals surface area contributed by atoms with Crippen LogP contribution in [0.25, 0.3) is 0 Å². The molecule has 0 aromatic heterocycles. The lowest BCUT2D eigenvalue weighted by atomic mass is 10.1. The SMILES string of the molecule is CC(CC1CC1)Nc1cc(Cl)ccc1N. The predicted molar refractivity (Wildman–Crippen MR) is 66.3 cm³/mol. The van der Waals surface area contributed by atoms with Gasteiger partial charge in [-0.05, 0) is 37.5 Å². The standard InChI is InChI=1S/C12H17ClN2/c1-8(6-9-2-3-9)15-12-7-10(13)4-5-11(12)14/h4-5,7-9,15H,2-3,6,14H2,1H3. The minimum Gasteiger partial charge on any atom is -0.397 e. The number of nitrogens with one attached hydrogen (secondary N) is 1. The van der Waals surface area contributed by atoms with Crippen molar-refractivity contribution in [1.82, 2.24) is 0 Å². The average Bonchev–Trinajstić information content (AvgIpc) is 2.95. The number of anilines is 2. The van der Waals surface area contributed by atoms with Crippen LogP contribution in [0.1, 0.15) is 26.2 Å². The van der Waals surface area contributed by atoms with E-state index in [-0.39, 0.29) is 0 Å². The summed E-state index contributed by atoms with van der Waals surface area (Å²) in [5, 5.41) is 4.14. The van der Waals surface area contributed by atoms with Crippen LogP contribution >= 0.6 is 11.6 Å². The highest BCUT2D eigenvalue weighted by molar-refractivity contribution is 6.31. The van der Waals surface area contributed by atoms with E-state index in [1.54, 1.807) is 0 Å². The highest BCUT2D eigenvalue weighted by Crippen LogP contribution is 2.34. The molecule has 3 N–H and O–H groups in total. The minimum absolute atomic E-state index is 0.471. The van der Waals surface area contributed by atoms with Gasteiger partial charge in [0.1, 0.15) is 0 Å². The van der Waals surface area contributed by atoms with E-state index >= 15 is 0 Å². The summed E-state index contributed by atoms with van der Waals surface area (Å²) in [5.74, 6) is 0.924. The second-order valence-corrected chi connectivity index (χ2v) is 4.89. The van der Waals surface area contributed by atoms with Gasteiger partial charge in [0.15, 0.2) is 0 Å². The number of hydrogen-bond acceptors (Lipinski definition) is 2. The third kappa shape index (κ3) is 3.03. The molecule has 1 atom stereocenters. The fourth-order valence-electron chi connectivity index (χ4n) is 1.83. The van der Waals surface area contributed by atoms with Crippen molar-refractivity contribution in [2.75, 3.05) is 11.1 Å². The summed E-state index contributed by atoms with van der Waals surface area (Å²) in [6.45, 7) is 2.19.